The van der Waals surface area contributed by atoms with E-state index in [-0.39, 0.29) is 47.5 Å². The van der Waals surface area contributed by atoms with Gasteiger partial charge in [0.15, 0.2) is 15.0 Å². The van der Waals surface area contributed by atoms with Crippen molar-refractivity contribution in [1.29, 1.82) is 0 Å². The Hall–Kier alpha value is -2.70. The van der Waals surface area contributed by atoms with Crippen LogP contribution in [0.4, 0.5) is 11.4 Å². The number of benzene rings is 1. The molecule has 2 N–H and O–H groups in total. The number of aliphatic hydroxyl groups excluding tert-OH is 1. The zero-order chi connectivity index (χ0) is 28.7. The standard InChI is InChI=1S/C26H42N2O9Si/c1-7-8-12-25(32)35-17-27(15-24(30)31)20-13-18(16-36-38(5,6)26(2,3)4)19(28(33)34)14-23(20)37-22-11-9-10-21(22)29/h13-14,21-22,29H,7-12,15-17H2,1-6H3,(H,30,31)/t21-,22-/m0/s1. The molecule has 1 aromatic carbocycles. The highest BCUT2D eigenvalue weighted by Gasteiger charge is 2.38. The molecule has 0 heterocycles. The Labute approximate surface area is 225 Å². The Bertz CT molecular complexity index is 994. The van der Waals surface area contributed by atoms with Crippen LogP contribution in [0.15, 0.2) is 12.1 Å². The van der Waals surface area contributed by atoms with Gasteiger partial charge in [-0.15, -0.1) is 0 Å². The van der Waals surface area contributed by atoms with Crippen LogP contribution in [0, 0.1) is 10.1 Å². The van der Waals surface area contributed by atoms with Gasteiger partial charge < -0.3 is 29.0 Å². The number of carboxylic acid groups (broad SMARTS) is 1. The third-order valence-electron chi connectivity index (χ3n) is 7.23. The summed E-state index contributed by atoms with van der Waals surface area (Å²) in [6.45, 7) is 11.2. The number of ether oxygens (including phenoxy) is 2. The van der Waals surface area contributed by atoms with Crippen LogP contribution in [0.1, 0.15) is 71.8 Å². The molecule has 2 rings (SSSR count). The van der Waals surface area contributed by atoms with Crippen LogP contribution in [0.25, 0.3) is 0 Å². The molecular weight excluding hydrogens is 512 g/mol. The number of hydrogen-bond donors (Lipinski definition) is 2. The summed E-state index contributed by atoms with van der Waals surface area (Å²) in [5.74, 6) is -1.61. The molecule has 0 aliphatic heterocycles. The number of carboxylic acids is 1. The molecule has 0 radical (unpaired) electrons. The number of nitrogens with zero attached hydrogens (tertiary/aromatic N) is 2. The molecule has 12 heteroatoms. The SMILES string of the molecule is CCCCC(=O)OCN(CC(=O)O)c1cc(CO[Si](C)(C)C(C)(C)C)c([N+](=O)[O-])cc1O[C@H]1CCC[C@@H]1O. The maximum atomic E-state index is 12.2. The van der Waals surface area contributed by atoms with Crippen molar-refractivity contribution >= 4 is 31.6 Å². The first-order valence-electron chi connectivity index (χ1n) is 13.1. The van der Waals surface area contributed by atoms with E-state index in [2.05, 4.69) is 20.8 Å². The number of hydrogen-bond acceptors (Lipinski definition) is 9. The number of aliphatic carboxylic acids is 1. The van der Waals surface area contributed by atoms with Gasteiger partial charge in [0.05, 0.1) is 35.0 Å². The minimum Gasteiger partial charge on any atom is -0.485 e. The van der Waals surface area contributed by atoms with Gasteiger partial charge in [-0.3, -0.25) is 19.7 Å². The fourth-order valence-electron chi connectivity index (χ4n) is 3.82. The zero-order valence-corrected chi connectivity index (χ0v) is 24.3. The molecule has 0 aromatic heterocycles. The molecule has 1 saturated carbocycles. The van der Waals surface area contributed by atoms with Crippen LogP contribution in [0.3, 0.4) is 0 Å². The van der Waals surface area contributed by atoms with E-state index in [1.165, 1.54) is 17.0 Å². The molecule has 0 bridgehead atoms. The summed E-state index contributed by atoms with van der Waals surface area (Å²) in [5.41, 5.74) is 0.237. The lowest BCUT2D eigenvalue weighted by molar-refractivity contribution is -0.385. The number of unbranched alkanes of at least 4 members (excludes halogenated alkanes) is 1. The summed E-state index contributed by atoms with van der Waals surface area (Å²) < 4.78 is 17.6. The van der Waals surface area contributed by atoms with Gasteiger partial charge in [-0.05, 0) is 49.9 Å². The Morgan fingerprint density at radius 1 is 1.24 bits per heavy atom. The van der Waals surface area contributed by atoms with Crippen molar-refractivity contribution in [2.24, 2.45) is 0 Å². The highest BCUT2D eigenvalue weighted by atomic mass is 28.4. The van der Waals surface area contributed by atoms with E-state index < -0.39 is 43.9 Å². The van der Waals surface area contributed by atoms with Crippen LogP contribution in [-0.4, -0.2) is 60.9 Å². The summed E-state index contributed by atoms with van der Waals surface area (Å²) in [7, 11) is -2.28. The minimum absolute atomic E-state index is 0.0459. The van der Waals surface area contributed by atoms with E-state index in [1.54, 1.807) is 0 Å². The molecule has 0 spiro atoms. The molecule has 1 aliphatic carbocycles. The molecule has 0 amide bonds. The van der Waals surface area contributed by atoms with E-state index in [9.17, 15) is 29.9 Å². The van der Waals surface area contributed by atoms with Crippen molar-refractivity contribution in [2.75, 3.05) is 18.2 Å². The molecule has 1 aromatic rings. The molecule has 0 unspecified atom stereocenters. The van der Waals surface area contributed by atoms with E-state index in [0.717, 1.165) is 12.8 Å². The third-order valence-corrected chi connectivity index (χ3v) is 11.7. The lowest BCUT2D eigenvalue weighted by atomic mass is 10.1. The van der Waals surface area contributed by atoms with Gasteiger partial charge in [-0.2, -0.15) is 0 Å². The van der Waals surface area contributed by atoms with Crippen molar-refractivity contribution < 1.29 is 38.6 Å². The Kier molecular flexibility index (Phi) is 11.1. The molecule has 1 fully saturated rings. The number of carbonyl (C=O) groups excluding carboxylic acids is 1. The third kappa shape index (κ3) is 8.67. The van der Waals surface area contributed by atoms with E-state index >= 15 is 0 Å². The first-order chi connectivity index (χ1) is 17.7. The highest BCUT2D eigenvalue weighted by molar-refractivity contribution is 6.74. The number of nitro groups is 1. The van der Waals surface area contributed by atoms with Crippen molar-refractivity contribution in [2.45, 2.75) is 103 Å². The van der Waals surface area contributed by atoms with Crippen molar-refractivity contribution in [3.8, 4) is 5.75 Å². The second kappa shape index (κ2) is 13.4. The van der Waals surface area contributed by atoms with Crippen molar-refractivity contribution in [1.82, 2.24) is 0 Å². The molecule has 0 saturated heterocycles. The van der Waals surface area contributed by atoms with Crippen LogP contribution < -0.4 is 9.64 Å². The number of anilines is 1. The molecule has 38 heavy (non-hydrogen) atoms. The molecule has 2 atom stereocenters. The van der Waals surface area contributed by atoms with Gasteiger partial charge in [-0.25, -0.2) is 0 Å². The Balaban J connectivity index is 2.54. The maximum absolute atomic E-state index is 12.2. The van der Waals surface area contributed by atoms with Gasteiger partial charge in [-0.1, -0.05) is 34.1 Å². The van der Waals surface area contributed by atoms with Gasteiger partial charge in [0.25, 0.3) is 5.69 Å². The van der Waals surface area contributed by atoms with E-state index in [0.29, 0.717) is 19.3 Å². The van der Waals surface area contributed by atoms with Gasteiger partial charge in [0.1, 0.15) is 18.4 Å². The quantitative estimate of drug-likeness (QED) is 0.106. The fourth-order valence-corrected chi connectivity index (χ4v) is 4.77. The first kappa shape index (κ1) is 31.5. The second-order valence-corrected chi connectivity index (χ2v) is 16.1. The fraction of sp³-hybridized carbons (Fsp3) is 0.692. The maximum Gasteiger partial charge on any atom is 0.323 e. The summed E-state index contributed by atoms with van der Waals surface area (Å²) in [5, 5.41) is 31.8. The topological polar surface area (TPSA) is 149 Å². The zero-order valence-electron chi connectivity index (χ0n) is 23.3. The molecule has 214 valence electrons. The first-order valence-corrected chi connectivity index (χ1v) is 16.0. The Morgan fingerprint density at radius 3 is 2.45 bits per heavy atom. The molecule has 11 nitrogen and oxygen atoms in total. The largest absolute Gasteiger partial charge is 0.485 e. The summed E-state index contributed by atoms with van der Waals surface area (Å²) in [6.07, 6.45) is 2.11. The van der Waals surface area contributed by atoms with Gasteiger partial charge in [0.2, 0.25) is 0 Å². The van der Waals surface area contributed by atoms with Crippen molar-refractivity contribution in [3.63, 3.8) is 0 Å². The van der Waals surface area contributed by atoms with Crippen LogP contribution in [0.2, 0.25) is 18.1 Å². The monoisotopic (exact) mass is 554 g/mol. The Morgan fingerprint density at radius 2 is 1.92 bits per heavy atom. The average molecular weight is 555 g/mol. The number of esters is 1. The highest BCUT2D eigenvalue weighted by Crippen LogP contribution is 2.41. The lowest BCUT2D eigenvalue weighted by Gasteiger charge is -2.36. The predicted octanol–water partition coefficient (Wildman–Crippen LogP) is 4.99. The summed E-state index contributed by atoms with van der Waals surface area (Å²) >= 11 is 0. The van der Waals surface area contributed by atoms with Crippen LogP contribution in [-0.2, 0) is 25.4 Å². The molecule has 1 aliphatic rings. The minimum atomic E-state index is -2.28. The lowest BCUT2D eigenvalue weighted by Crippen LogP contribution is -2.40. The number of carbonyl (C=O) groups is 2. The van der Waals surface area contributed by atoms with Gasteiger partial charge >= 0.3 is 11.9 Å². The smallest absolute Gasteiger partial charge is 0.323 e. The van der Waals surface area contributed by atoms with E-state index in [1.807, 2.05) is 20.0 Å². The molecular formula is C26H42N2O9Si. The number of aliphatic hydroxyl groups is 1. The van der Waals surface area contributed by atoms with Crippen LogP contribution in [0.5, 0.6) is 5.75 Å². The van der Waals surface area contributed by atoms with Crippen LogP contribution >= 0.6 is 0 Å². The van der Waals surface area contributed by atoms with Crippen molar-refractivity contribution in [3.05, 3.63) is 27.8 Å². The predicted molar refractivity (Wildman–Crippen MR) is 145 cm³/mol. The summed E-state index contributed by atoms with van der Waals surface area (Å²) in [6, 6.07) is 2.73. The number of rotatable bonds is 14. The second-order valence-electron chi connectivity index (χ2n) is 11.2. The summed E-state index contributed by atoms with van der Waals surface area (Å²) in [4.78, 5) is 36.7. The normalized spacial score (nSPS) is 17.8. The van der Waals surface area contributed by atoms with E-state index in [4.69, 9.17) is 13.9 Å². The number of nitro benzene ring substituents is 1. The van der Waals surface area contributed by atoms with Gasteiger partial charge in [0, 0.05) is 6.42 Å². The average Bonchev–Trinajstić information content (AvgIpc) is 3.22.